The molecule has 0 saturated heterocycles. The summed E-state index contributed by atoms with van der Waals surface area (Å²) in [5, 5.41) is 9.06. The van der Waals surface area contributed by atoms with Crippen LogP contribution in [0.4, 0.5) is 0 Å². The molecule has 0 fully saturated rings. The Morgan fingerprint density at radius 3 is 2.75 bits per heavy atom. The van der Waals surface area contributed by atoms with Crippen molar-refractivity contribution in [1.82, 2.24) is 9.55 Å². The van der Waals surface area contributed by atoms with E-state index in [0.29, 0.717) is 30.5 Å². The Bertz CT molecular complexity index is 668. The van der Waals surface area contributed by atoms with Crippen LogP contribution in [0.2, 0.25) is 0 Å². The molecule has 0 saturated carbocycles. The van der Waals surface area contributed by atoms with Crippen LogP contribution < -0.4 is 9.47 Å². The third kappa shape index (κ3) is 2.29. The van der Waals surface area contributed by atoms with Gasteiger partial charge in [0, 0.05) is 12.1 Å². The quantitative estimate of drug-likeness (QED) is 0.926. The number of aliphatic carboxylic acids is 1. The smallest absolute Gasteiger partial charge is 0.323 e. The fourth-order valence-electron chi connectivity index (χ4n) is 2.26. The average Bonchev–Trinajstić information content (AvgIpc) is 2.74. The molecule has 0 unspecified atom stereocenters. The molecule has 0 aliphatic carbocycles. The molecule has 2 aromatic rings. The summed E-state index contributed by atoms with van der Waals surface area (Å²) in [6.45, 7) is 0.918. The molecule has 1 aliphatic rings. The zero-order valence-electron chi connectivity index (χ0n) is 11.0. The summed E-state index contributed by atoms with van der Waals surface area (Å²) >= 11 is 1.60. The summed E-state index contributed by atoms with van der Waals surface area (Å²) in [4.78, 5) is 15.6. The van der Waals surface area contributed by atoms with Gasteiger partial charge in [-0.05, 0) is 6.26 Å². The van der Waals surface area contributed by atoms with E-state index in [4.69, 9.17) is 14.6 Å². The number of carbonyl (C=O) groups is 1. The van der Waals surface area contributed by atoms with Crippen LogP contribution in [-0.2, 0) is 17.1 Å². The highest BCUT2D eigenvalue weighted by molar-refractivity contribution is 7.97. The number of imidazole rings is 1. The number of benzene rings is 1. The molecule has 1 aromatic heterocycles. The lowest BCUT2D eigenvalue weighted by Crippen LogP contribution is -2.15. The monoisotopic (exact) mass is 294 g/mol. The third-order valence-electron chi connectivity index (χ3n) is 3.06. The molecule has 0 bridgehead atoms. The molecule has 20 heavy (non-hydrogen) atoms. The molecule has 6 nitrogen and oxygen atoms in total. The minimum atomic E-state index is -0.887. The molecular formula is C13H14N2O4S. The van der Waals surface area contributed by atoms with Crippen LogP contribution in [0.15, 0.2) is 12.1 Å². The Balaban J connectivity index is 2.15. The lowest BCUT2D eigenvalue weighted by Gasteiger charge is -2.18. The molecule has 1 aromatic carbocycles. The number of fused-ring (bicyclic) bond motifs is 2. The van der Waals surface area contributed by atoms with Crippen molar-refractivity contribution in [1.29, 1.82) is 0 Å². The lowest BCUT2D eigenvalue weighted by atomic mass is 10.2. The third-order valence-corrected chi connectivity index (χ3v) is 3.60. The molecule has 106 valence electrons. The molecule has 2 heterocycles. The van der Waals surface area contributed by atoms with Crippen LogP contribution in [0.25, 0.3) is 11.0 Å². The van der Waals surface area contributed by atoms with E-state index in [1.165, 1.54) is 0 Å². The van der Waals surface area contributed by atoms with Gasteiger partial charge in [-0.3, -0.25) is 4.79 Å². The van der Waals surface area contributed by atoms with Crippen molar-refractivity contribution in [3.8, 4) is 11.5 Å². The Morgan fingerprint density at radius 2 is 2.10 bits per heavy atom. The zero-order valence-corrected chi connectivity index (χ0v) is 11.8. The predicted molar refractivity (Wildman–Crippen MR) is 75.6 cm³/mol. The van der Waals surface area contributed by atoms with Gasteiger partial charge in [0.2, 0.25) is 0 Å². The van der Waals surface area contributed by atoms with E-state index in [2.05, 4.69) is 4.98 Å². The second-order valence-electron chi connectivity index (χ2n) is 4.43. The fraction of sp³-hybridized carbons (Fsp3) is 0.385. The predicted octanol–water partition coefficient (Wildman–Crippen LogP) is 1.76. The van der Waals surface area contributed by atoms with Crippen molar-refractivity contribution in [2.75, 3.05) is 19.5 Å². The van der Waals surface area contributed by atoms with Gasteiger partial charge in [-0.1, -0.05) is 0 Å². The van der Waals surface area contributed by atoms with Gasteiger partial charge in [0.1, 0.15) is 25.6 Å². The van der Waals surface area contributed by atoms with Crippen LogP contribution in [0.3, 0.4) is 0 Å². The molecule has 0 spiro atoms. The minimum absolute atomic E-state index is 0.105. The maximum absolute atomic E-state index is 11.0. The Hall–Kier alpha value is -1.89. The first-order valence-corrected chi connectivity index (χ1v) is 7.58. The van der Waals surface area contributed by atoms with E-state index in [0.717, 1.165) is 16.9 Å². The lowest BCUT2D eigenvalue weighted by molar-refractivity contribution is -0.137. The maximum atomic E-state index is 11.0. The molecule has 0 amide bonds. The normalized spacial score (nSPS) is 13.7. The molecule has 0 atom stereocenters. The van der Waals surface area contributed by atoms with Crippen molar-refractivity contribution in [2.45, 2.75) is 12.3 Å². The van der Waals surface area contributed by atoms with E-state index in [1.54, 1.807) is 16.3 Å². The van der Waals surface area contributed by atoms with Crippen molar-refractivity contribution in [3.63, 3.8) is 0 Å². The summed E-state index contributed by atoms with van der Waals surface area (Å²) in [5.74, 6) is 1.83. The van der Waals surface area contributed by atoms with Crippen molar-refractivity contribution in [3.05, 3.63) is 18.0 Å². The van der Waals surface area contributed by atoms with Crippen molar-refractivity contribution < 1.29 is 19.4 Å². The van der Waals surface area contributed by atoms with Crippen LogP contribution in [0.1, 0.15) is 5.82 Å². The average molecular weight is 294 g/mol. The topological polar surface area (TPSA) is 73.6 Å². The molecule has 1 aliphatic heterocycles. The largest absolute Gasteiger partial charge is 0.486 e. The second-order valence-corrected chi connectivity index (χ2v) is 5.29. The zero-order chi connectivity index (χ0) is 14.1. The highest BCUT2D eigenvalue weighted by Gasteiger charge is 2.18. The molecule has 7 heteroatoms. The van der Waals surface area contributed by atoms with E-state index in [9.17, 15) is 4.79 Å². The summed E-state index contributed by atoms with van der Waals surface area (Å²) in [7, 11) is 0. The number of hydrogen-bond donors (Lipinski definition) is 1. The summed E-state index contributed by atoms with van der Waals surface area (Å²) in [6, 6.07) is 3.62. The highest BCUT2D eigenvalue weighted by Crippen LogP contribution is 2.35. The second kappa shape index (κ2) is 5.24. The van der Waals surface area contributed by atoms with Crippen LogP contribution in [0.5, 0.6) is 11.5 Å². The molecule has 0 radical (unpaired) electrons. The van der Waals surface area contributed by atoms with E-state index in [-0.39, 0.29) is 6.54 Å². The number of aromatic nitrogens is 2. The fourth-order valence-corrected chi connectivity index (χ4v) is 2.74. The van der Waals surface area contributed by atoms with Crippen molar-refractivity contribution in [2.24, 2.45) is 0 Å². The van der Waals surface area contributed by atoms with Gasteiger partial charge in [-0.15, -0.1) is 0 Å². The number of carboxylic acid groups (broad SMARTS) is 1. The Morgan fingerprint density at radius 1 is 1.40 bits per heavy atom. The number of nitrogens with zero attached hydrogens (tertiary/aromatic N) is 2. The van der Waals surface area contributed by atoms with Gasteiger partial charge in [0.05, 0.1) is 16.8 Å². The number of rotatable bonds is 4. The summed E-state index contributed by atoms with van der Waals surface area (Å²) in [6.07, 6.45) is 1.96. The standard InChI is InChI=1S/C13H14N2O4S/c1-20-7-12-14-8-4-10-11(19-3-2-18-10)5-9(8)15(12)6-13(16)17/h4-5H,2-3,6-7H2,1H3,(H,16,17). The molecular weight excluding hydrogens is 280 g/mol. The number of carboxylic acids is 1. The first-order valence-electron chi connectivity index (χ1n) is 6.18. The van der Waals surface area contributed by atoms with Gasteiger partial charge in [-0.25, -0.2) is 4.98 Å². The van der Waals surface area contributed by atoms with E-state index < -0.39 is 5.97 Å². The van der Waals surface area contributed by atoms with Gasteiger partial charge in [0.25, 0.3) is 0 Å². The number of hydrogen-bond acceptors (Lipinski definition) is 5. The first-order chi connectivity index (χ1) is 9.69. The van der Waals surface area contributed by atoms with Crippen LogP contribution in [-0.4, -0.2) is 40.1 Å². The number of ether oxygens (including phenoxy) is 2. The van der Waals surface area contributed by atoms with Crippen molar-refractivity contribution >= 4 is 28.8 Å². The van der Waals surface area contributed by atoms with Gasteiger partial charge < -0.3 is 19.1 Å². The SMILES string of the molecule is CSCc1nc2cc3c(cc2n1CC(=O)O)OCCO3. The Labute approximate surface area is 119 Å². The van der Waals surface area contributed by atoms with Gasteiger partial charge >= 0.3 is 5.97 Å². The van der Waals surface area contributed by atoms with Crippen LogP contribution in [0, 0.1) is 0 Å². The van der Waals surface area contributed by atoms with Gasteiger partial charge in [0.15, 0.2) is 11.5 Å². The maximum Gasteiger partial charge on any atom is 0.323 e. The number of thioether (sulfide) groups is 1. The Kier molecular flexibility index (Phi) is 3.43. The van der Waals surface area contributed by atoms with Gasteiger partial charge in [-0.2, -0.15) is 11.8 Å². The molecule has 3 rings (SSSR count). The molecule has 1 N–H and O–H groups in total. The minimum Gasteiger partial charge on any atom is -0.486 e. The first kappa shape index (κ1) is 13.1. The summed E-state index contributed by atoms with van der Waals surface area (Å²) in [5.41, 5.74) is 1.50. The van der Waals surface area contributed by atoms with Crippen LogP contribution >= 0.6 is 11.8 Å². The summed E-state index contributed by atoms with van der Waals surface area (Å²) < 4.78 is 12.8. The highest BCUT2D eigenvalue weighted by atomic mass is 32.2. The van der Waals surface area contributed by atoms with E-state index >= 15 is 0 Å². The van der Waals surface area contributed by atoms with E-state index in [1.807, 2.05) is 18.4 Å².